The van der Waals surface area contributed by atoms with E-state index in [-0.39, 0.29) is 12.4 Å². The largest absolute Gasteiger partial charge is 0.483 e. The first-order chi connectivity index (χ1) is 11.5. The van der Waals surface area contributed by atoms with Gasteiger partial charge in [-0.1, -0.05) is 6.07 Å². The molecule has 0 bridgehead atoms. The van der Waals surface area contributed by atoms with Gasteiger partial charge in [-0.15, -0.1) is 0 Å². The van der Waals surface area contributed by atoms with Crippen molar-refractivity contribution in [3.05, 3.63) is 41.9 Å². The van der Waals surface area contributed by atoms with Crippen molar-refractivity contribution in [1.82, 2.24) is 24.4 Å². The van der Waals surface area contributed by atoms with E-state index in [1.54, 1.807) is 24.5 Å². The van der Waals surface area contributed by atoms with Crippen LogP contribution < -0.4 is 0 Å². The van der Waals surface area contributed by atoms with Gasteiger partial charge in [-0.2, -0.15) is 0 Å². The molecule has 8 nitrogen and oxygen atoms in total. The van der Waals surface area contributed by atoms with Gasteiger partial charge in [-0.25, -0.2) is 15.0 Å². The summed E-state index contributed by atoms with van der Waals surface area (Å²) in [5, 5.41) is 6.89. The molecule has 0 spiro atoms. The Morgan fingerprint density at radius 1 is 1.25 bits per heavy atom. The van der Waals surface area contributed by atoms with Gasteiger partial charge >= 0.3 is 0 Å². The third-order valence-corrected chi connectivity index (χ3v) is 3.80. The number of imidazole rings is 1. The molecule has 0 aliphatic carbocycles. The molecule has 0 unspecified atom stereocenters. The number of amides is 1. The quantitative estimate of drug-likeness (QED) is 0.677. The number of carbonyl (C=O) groups is 2. The molecule has 24 heavy (non-hydrogen) atoms. The van der Waals surface area contributed by atoms with Gasteiger partial charge in [-0.3, -0.25) is 9.59 Å². The lowest BCUT2D eigenvalue weighted by Gasteiger charge is -2.04. The first kappa shape index (κ1) is 15.6. The minimum Gasteiger partial charge on any atom is -0.483 e. The molecule has 1 aliphatic heterocycles. The fourth-order valence-corrected chi connectivity index (χ4v) is 2.66. The van der Waals surface area contributed by atoms with Crippen LogP contribution in [0.1, 0.15) is 15.9 Å². The first-order valence-corrected chi connectivity index (χ1v) is 7.16. The van der Waals surface area contributed by atoms with Crippen LogP contribution in [0, 0.1) is 0 Å². The molecule has 0 saturated carbocycles. The van der Waals surface area contributed by atoms with Crippen LogP contribution in [0.3, 0.4) is 0 Å². The Bertz CT molecular complexity index is 935. The second kappa shape index (κ2) is 6.07. The zero-order valence-electron chi connectivity index (χ0n) is 13.2. The van der Waals surface area contributed by atoms with Crippen LogP contribution in [-0.2, 0) is 18.4 Å². The average molecular weight is 325 g/mol. The van der Waals surface area contributed by atoms with E-state index >= 15 is 0 Å². The highest BCUT2D eigenvalue weighted by Gasteiger charge is 2.24. The van der Waals surface area contributed by atoms with Crippen LogP contribution in [0.25, 0.3) is 22.6 Å². The molecular weight excluding hydrogens is 310 g/mol. The third-order valence-electron chi connectivity index (χ3n) is 3.80. The van der Waals surface area contributed by atoms with Gasteiger partial charge < -0.3 is 14.6 Å². The number of hydrogen-bond acceptors (Lipinski definition) is 5. The standard InChI is InChI=1S/C15H13N5O.CH2O2/c1-19-7-10-5-9(3-4-11(10)15(19)21)13-16-6-12-14(18-13)20(2)8-17-12;2-1-3/h3-6,8H,7H2,1-2H3;1H,(H,2,3). The molecule has 1 amide bonds. The minimum atomic E-state index is -0.250. The minimum absolute atomic E-state index is 0.0690. The summed E-state index contributed by atoms with van der Waals surface area (Å²) in [5.41, 5.74) is 4.28. The molecule has 0 radical (unpaired) electrons. The zero-order chi connectivity index (χ0) is 17.3. The summed E-state index contributed by atoms with van der Waals surface area (Å²) in [4.78, 5) is 35.1. The number of aromatic nitrogens is 4. The number of carbonyl (C=O) groups excluding carboxylic acids is 1. The Kier molecular flexibility index (Phi) is 3.95. The lowest BCUT2D eigenvalue weighted by atomic mass is 10.1. The van der Waals surface area contributed by atoms with E-state index < -0.39 is 0 Å². The van der Waals surface area contributed by atoms with Gasteiger partial charge in [0.1, 0.15) is 5.52 Å². The predicted octanol–water partition coefficient (Wildman–Crippen LogP) is 1.32. The lowest BCUT2D eigenvalue weighted by Crippen LogP contribution is -2.17. The third kappa shape index (κ3) is 2.58. The monoisotopic (exact) mass is 325 g/mol. The fourth-order valence-electron chi connectivity index (χ4n) is 2.66. The Balaban J connectivity index is 0.000000526. The van der Waals surface area contributed by atoms with Crippen molar-refractivity contribution in [3.63, 3.8) is 0 Å². The number of aryl methyl sites for hydroxylation is 1. The molecule has 3 aromatic rings. The Labute approximate surface area is 137 Å². The van der Waals surface area contributed by atoms with Crippen LogP contribution in [0.2, 0.25) is 0 Å². The van der Waals surface area contributed by atoms with E-state index in [1.165, 1.54) is 0 Å². The van der Waals surface area contributed by atoms with E-state index in [1.807, 2.05) is 29.8 Å². The number of carboxylic acid groups (broad SMARTS) is 1. The Morgan fingerprint density at radius 2 is 2.00 bits per heavy atom. The van der Waals surface area contributed by atoms with Crippen LogP contribution in [-0.4, -0.2) is 49.0 Å². The molecule has 4 rings (SSSR count). The second-order valence-corrected chi connectivity index (χ2v) is 5.40. The highest BCUT2D eigenvalue weighted by Crippen LogP contribution is 2.26. The van der Waals surface area contributed by atoms with Crippen LogP contribution in [0.5, 0.6) is 0 Å². The normalized spacial score (nSPS) is 12.8. The summed E-state index contributed by atoms with van der Waals surface area (Å²) < 4.78 is 1.87. The van der Waals surface area contributed by atoms with Crippen LogP contribution in [0.4, 0.5) is 0 Å². The van der Waals surface area contributed by atoms with Crippen molar-refractivity contribution in [2.24, 2.45) is 7.05 Å². The molecule has 0 fully saturated rings. The smallest absolute Gasteiger partial charge is 0.290 e. The zero-order valence-corrected chi connectivity index (χ0v) is 13.2. The number of hydrogen-bond donors (Lipinski definition) is 1. The van der Waals surface area contributed by atoms with Gasteiger partial charge in [0.2, 0.25) is 0 Å². The van der Waals surface area contributed by atoms with Crippen molar-refractivity contribution >= 4 is 23.5 Å². The molecule has 1 aliphatic rings. The molecule has 1 aromatic carbocycles. The Hall–Kier alpha value is -3.29. The van der Waals surface area contributed by atoms with Gasteiger partial charge in [0.25, 0.3) is 12.4 Å². The topological polar surface area (TPSA) is 101 Å². The summed E-state index contributed by atoms with van der Waals surface area (Å²) in [7, 11) is 3.71. The van der Waals surface area contributed by atoms with E-state index in [0.29, 0.717) is 12.4 Å². The number of benzene rings is 1. The summed E-state index contributed by atoms with van der Waals surface area (Å²) >= 11 is 0. The molecule has 8 heteroatoms. The van der Waals surface area contributed by atoms with E-state index in [4.69, 9.17) is 9.90 Å². The molecule has 2 aromatic heterocycles. The summed E-state index contributed by atoms with van der Waals surface area (Å²) in [6, 6.07) is 5.75. The van der Waals surface area contributed by atoms with Crippen molar-refractivity contribution < 1.29 is 14.7 Å². The Morgan fingerprint density at radius 3 is 2.75 bits per heavy atom. The number of nitrogens with zero attached hydrogens (tertiary/aromatic N) is 5. The summed E-state index contributed by atoms with van der Waals surface area (Å²) in [6.07, 6.45) is 3.45. The van der Waals surface area contributed by atoms with Crippen molar-refractivity contribution in [2.45, 2.75) is 6.54 Å². The summed E-state index contributed by atoms with van der Waals surface area (Å²) in [6.45, 7) is 0.385. The van der Waals surface area contributed by atoms with Crippen molar-refractivity contribution in [2.75, 3.05) is 7.05 Å². The lowest BCUT2D eigenvalue weighted by molar-refractivity contribution is -0.122. The number of fused-ring (bicyclic) bond motifs is 2. The van der Waals surface area contributed by atoms with Crippen molar-refractivity contribution in [1.29, 1.82) is 0 Å². The molecule has 1 N–H and O–H groups in total. The highest BCUT2D eigenvalue weighted by atomic mass is 16.3. The predicted molar refractivity (Wildman–Crippen MR) is 86.2 cm³/mol. The highest BCUT2D eigenvalue weighted by molar-refractivity contribution is 5.98. The van der Waals surface area contributed by atoms with Gasteiger partial charge in [0.05, 0.1) is 12.5 Å². The first-order valence-electron chi connectivity index (χ1n) is 7.16. The van der Waals surface area contributed by atoms with Crippen LogP contribution >= 0.6 is 0 Å². The summed E-state index contributed by atoms with van der Waals surface area (Å²) in [5.74, 6) is 0.718. The maximum absolute atomic E-state index is 11.9. The average Bonchev–Trinajstić information content (AvgIpc) is 3.08. The van der Waals surface area contributed by atoms with Crippen molar-refractivity contribution in [3.8, 4) is 11.4 Å². The molecule has 0 saturated heterocycles. The second-order valence-electron chi connectivity index (χ2n) is 5.40. The van der Waals surface area contributed by atoms with Gasteiger partial charge in [-0.05, 0) is 17.7 Å². The molecule has 3 heterocycles. The number of rotatable bonds is 1. The van der Waals surface area contributed by atoms with E-state index in [9.17, 15) is 4.79 Å². The van der Waals surface area contributed by atoms with E-state index in [0.717, 1.165) is 27.9 Å². The molecule has 0 atom stereocenters. The van der Waals surface area contributed by atoms with Gasteiger partial charge in [0, 0.05) is 31.8 Å². The molecule has 122 valence electrons. The fraction of sp³-hybridized carbons (Fsp3) is 0.188. The maximum atomic E-state index is 11.9. The maximum Gasteiger partial charge on any atom is 0.290 e. The molecular formula is C16H15N5O3. The van der Waals surface area contributed by atoms with Gasteiger partial charge in [0.15, 0.2) is 11.5 Å². The van der Waals surface area contributed by atoms with E-state index in [2.05, 4.69) is 15.0 Å². The van der Waals surface area contributed by atoms with Crippen LogP contribution in [0.15, 0.2) is 30.7 Å². The SMILES string of the molecule is CN1Cc2cc(-c3ncc4ncn(C)c4n3)ccc2C1=O.O=CO.